The average Bonchev–Trinajstić information content (AvgIpc) is 2.27. The Hall–Kier alpha value is -0.660. The van der Waals surface area contributed by atoms with Crippen LogP contribution in [0, 0.1) is 0 Å². The first kappa shape index (κ1) is 19.3. The molecule has 5 nitrogen and oxygen atoms in total. The second kappa shape index (κ2) is 7.38. The van der Waals surface area contributed by atoms with Crippen LogP contribution in [0.3, 0.4) is 0 Å². The van der Waals surface area contributed by atoms with E-state index in [1.165, 1.54) is 0 Å². The normalized spacial score (nSPS) is 12.3. The number of sulfonamides is 1. The number of hydrogen-bond acceptors (Lipinski definition) is 4. The molecule has 0 atom stereocenters. The molecule has 0 saturated carbocycles. The van der Waals surface area contributed by atoms with Crippen LogP contribution < -0.4 is 10.5 Å². The third-order valence-electron chi connectivity index (χ3n) is 2.65. The lowest BCUT2D eigenvalue weighted by molar-refractivity contribution is 0.402. The molecule has 1 aromatic rings. The number of hydrogen-bond donors (Lipinski definition) is 2. The molecule has 7 heteroatoms. The van der Waals surface area contributed by atoms with Gasteiger partial charge in [-0.15, -0.1) is 12.4 Å². The van der Waals surface area contributed by atoms with Gasteiger partial charge in [-0.3, -0.25) is 0 Å². The maximum absolute atomic E-state index is 12.2. The fraction of sp³-hybridized carbons (Fsp3) is 0.538. The number of nitrogens with two attached hydrogens (primary N) is 1. The van der Waals surface area contributed by atoms with Crippen molar-refractivity contribution >= 4 is 22.4 Å². The maximum atomic E-state index is 12.2. The number of benzene rings is 1. The molecule has 0 heterocycles. The highest BCUT2D eigenvalue weighted by Crippen LogP contribution is 2.14. The standard InChI is InChI=1S/C13H23N3O2S.ClH/c1-13(2,10-14)15-19(17,18)12-7-5-11(6-8-12)9-16(3)4;/h5-8,15H,9-10,14H2,1-4H3;1H. The van der Waals surface area contributed by atoms with Crippen LogP contribution in [-0.4, -0.2) is 39.5 Å². The van der Waals surface area contributed by atoms with Crippen molar-refractivity contribution in [3.8, 4) is 0 Å². The molecule has 0 spiro atoms. The largest absolute Gasteiger partial charge is 0.329 e. The van der Waals surface area contributed by atoms with E-state index in [4.69, 9.17) is 5.73 Å². The van der Waals surface area contributed by atoms with E-state index in [9.17, 15) is 8.42 Å². The summed E-state index contributed by atoms with van der Waals surface area (Å²) in [4.78, 5) is 2.29. The van der Waals surface area contributed by atoms with Crippen LogP contribution in [0.4, 0.5) is 0 Å². The lowest BCUT2D eigenvalue weighted by Crippen LogP contribution is -2.48. The van der Waals surface area contributed by atoms with Crippen LogP contribution in [0.1, 0.15) is 19.4 Å². The second-order valence-corrected chi connectivity index (χ2v) is 7.26. The van der Waals surface area contributed by atoms with E-state index in [1.807, 2.05) is 31.1 Å². The highest BCUT2D eigenvalue weighted by Gasteiger charge is 2.24. The minimum absolute atomic E-state index is 0. The van der Waals surface area contributed by atoms with Gasteiger partial charge in [0.05, 0.1) is 4.90 Å². The molecule has 116 valence electrons. The highest BCUT2D eigenvalue weighted by molar-refractivity contribution is 7.89. The first-order valence-electron chi connectivity index (χ1n) is 6.14. The fourth-order valence-electron chi connectivity index (χ4n) is 1.60. The Bertz CT molecular complexity index is 513. The summed E-state index contributed by atoms with van der Waals surface area (Å²) in [5.74, 6) is 0. The predicted molar refractivity (Wildman–Crippen MR) is 84.5 cm³/mol. The van der Waals surface area contributed by atoms with Gasteiger partial charge in [-0.2, -0.15) is 0 Å². The molecule has 0 radical (unpaired) electrons. The lowest BCUT2D eigenvalue weighted by Gasteiger charge is -2.23. The van der Waals surface area contributed by atoms with Crippen LogP contribution in [0.5, 0.6) is 0 Å². The molecule has 0 amide bonds. The first-order chi connectivity index (χ1) is 8.66. The summed E-state index contributed by atoms with van der Waals surface area (Å²) in [6.45, 7) is 4.53. The Morgan fingerprint density at radius 2 is 1.70 bits per heavy atom. The Balaban J connectivity index is 0.00000361. The molecule has 20 heavy (non-hydrogen) atoms. The van der Waals surface area contributed by atoms with E-state index in [0.717, 1.165) is 12.1 Å². The monoisotopic (exact) mass is 321 g/mol. The van der Waals surface area contributed by atoms with Crippen LogP contribution >= 0.6 is 12.4 Å². The number of rotatable bonds is 6. The van der Waals surface area contributed by atoms with Crippen LogP contribution in [-0.2, 0) is 16.6 Å². The fourth-order valence-corrected chi connectivity index (χ4v) is 3.03. The third kappa shape index (κ3) is 5.76. The minimum atomic E-state index is -3.52. The zero-order valence-electron chi connectivity index (χ0n) is 12.4. The molecule has 0 aliphatic heterocycles. The molecular formula is C13H24ClN3O2S. The van der Waals surface area contributed by atoms with Gasteiger partial charge in [-0.05, 0) is 45.6 Å². The summed E-state index contributed by atoms with van der Waals surface area (Å²) >= 11 is 0. The zero-order chi connectivity index (χ0) is 14.7. The molecule has 1 rings (SSSR count). The van der Waals surface area contributed by atoms with Gasteiger partial charge in [0.2, 0.25) is 10.0 Å². The van der Waals surface area contributed by atoms with Gasteiger partial charge in [0.1, 0.15) is 0 Å². The van der Waals surface area contributed by atoms with Gasteiger partial charge < -0.3 is 10.6 Å². The van der Waals surface area contributed by atoms with Crippen LogP contribution in [0.25, 0.3) is 0 Å². The van der Waals surface area contributed by atoms with E-state index in [0.29, 0.717) is 0 Å². The smallest absolute Gasteiger partial charge is 0.241 e. The zero-order valence-corrected chi connectivity index (χ0v) is 14.0. The summed E-state index contributed by atoms with van der Waals surface area (Å²) in [6, 6.07) is 6.88. The molecule has 0 saturated heterocycles. The lowest BCUT2D eigenvalue weighted by atomic mass is 10.1. The Morgan fingerprint density at radius 3 is 2.10 bits per heavy atom. The molecule has 0 bridgehead atoms. The van der Waals surface area contributed by atoms with E-state index in [1.54, 1.807) is 26.0 Å². The Kier molecular flexibility index (Phi) is 7.13. The summed E-state index contributed by atoms with van der Waals surface area (Å²) < 4.78 is 26.9. The Morgan fingerprint density at radius 1 is 1.20 bits per heavy atom. The molecule has 0 unspecified atom stereocenters. The average molecular weight is 322 g/mol. The summed E-state index contributed by atoms with van der Waals surface area (Å²) in [5.41, 5.74) is 5.96. The van der Waals surface area contributed by atoms with Gasteiger partial charge >= 0.3 is 0 Å². The summed E-state index contributed by atoms with van der Waals surface area (Å²) in [7, 11) is 0.418. The van der Waals surface area contributed by atoms with Crippen LogP contribution in [0.15, 0.2) is 29.2 Å². The van der Waals surface area contributed by atoms with Gasteiger partial charge in [0, 0.05) is 18.6 Å². The summed E-state index contributed by atoms with van der Waals surface area (Å²) in [5, 5.41) is 0. The van der Waals surface area contributed by atoms with Crippen molar-refractivity contribution < 1.29 is 8.42 Å². The molecular weight excluding hydrogens is 298 g/mol. The quantitative estimate of drug-likeness (QED) is 0.825. The van der Waals surface area contributed by atoms with Crippen molar-refractivity contribution in [3.05, 3.63) is 29.8 Å². The van der Waals surface area contributed by atoms with Crippen LogP contribution in [0.2, 0.25) is 0 Å². The van der Waals surface area contributed by atoms with Crippen molar-refractivity contribution in [3.63, 3.8) is 0 Å². The van der Waals surface area contributed by atoms with Crippen molar-refractivity contribution in [2.24, 2.45) is 5.73 Å². The molecule has 3 N–H and O–H groups in total. The second-order valence-electron chi connectivity index (χ2n) is 5.58. The van der Waals surface area contributed by atoms with Gasteiger partial charge in [-0.1, -0.05) is 12.1 Å². The molecule has 0 aromatic heterocycles. The number of nitrogens with zero attached hydrogens (tertiary/aromatic N) is 1. The maximum Gasteiger partial charge on any atom is 0.241 e. The van der Waals surface area contributed by atoms with Crippen molar-refractivity contribution in [2.45, 2.75) is 30.8 Å². The van der Waals surface area contributed by atoms with E-state index < -0.39 is 15.6 Å². The SMILES string of the molecule is CN(C)Cc1ccc(S(=O)(=O)NC(C)(C)CN)cc1.Cl. The van der Waals surface area contributed by atoms with Crippen molar-refractivity contribution in [1.29, 1.82) is 0 Å². The van der Waals surface area contributed by atoms with Crippen molar-refractivity contribution in [2.75, 3.05) is 20.6 Å². The Labute approximate surface area is 128 Å². The predicted octanol–water partition coefficient (Wildman–Crippen LogP) is 1.19. The van der Waals surface area contributed by atoms with E-state index in [-0.39, 0.29) is 23.8 Å². The third-order valence-corrected chi connectivity index (χ3v) is 4.37. The molecule has 0 fully saturated rings. The number of nitrogens with one attached hydrogen (secondary N) is 1. The van der Waals surface area contributed by atoms with Crippen molar-refractivity contribution in [1.82, 2.24) is 9.62 Å². The molecule has 1 aromatic carbocycles. The topological polar surface area (TPSA) is 75.4 Å². The minimum Gasteiger partial charge on any atom is -0.329 e. The van der Waals surface area contributed by atoms with Gasteiger partial charge in [-0.25, -0.2) is 13.1 Å². The highest BCUT2D eigenvalue weighted by atomic mass is 35.5. The van der Waals surface area contributed by atoms with E-state index >= 15 is 0 Å². The number of halogens is 1. The molecule has 0 aliphatic rings. The van der Waals surface area contributed by atoms with E-state index in [2.05, 4.69) is 4.72 Å². The molecule has 0 aliphatic carbocycles. The van der Waals surface area contributed by atoms with Gasteiger partial charge in [0.25, 0.3) is 0 Å². The first-order valence-corrected chi connectivity index (χ1v) is 7.62. The van der Waals surface area contributed by atoms with Gasteiger partial charge in [0.15, 0.2) is 0 Å². The summed E-state index contributed by atoms with van der Waals surface area (Å²) in [6.07, 6.45) is 0.